The number of thiazole rings is 1. The van der Waals surface area contributed by atoms with Crippen molar-refractivity contribution in [3.8, 4) is 0 Å². The van der Waals surface area contributed by atoms with E-state index >= 15 is 0 Å². The van der Waals surface area contributed by atoms with Crippen LogP contribution in [0.5, 0.6) is 0 Å². The molecule has 2 heterocycles. The van der Waals surface area contributed by atoms with E-state index in [1.165, 1.54) is 11.3 Å². The second kappa shape index (κ2) is 11.0. The van der Waals surface area contributed by atoms with Crippen LogP contribution in [0.15, 0.2) is 51.8 Å². The first-order valence-electron chi connectivity index (χ1n) is 11.9. The minimum Gasteiger partial charge on any atom is -0.308 e. The minimum absolute atomic E-state index is 0.0376. The smallest absolute Gasteiger partial charge is 0.260 e. The van der Waals surface area contributed by atoms with Gasteiger partial charge in [-0.2, -0.15) is 4.31 Å². The maximum absolute atomic E-state index is 13.6. The number of hydrogen-bond acceptors (Lipinski definition) is 6. The number of amides is 1. The number of carbonyl (C=O) groups is 1. The van der Waals surface area contributed by atoms with Crippen molar-refractivity contribution in [3.63, 3.8) is 0 Å². The van der Waals surface area contributed by atoms with E-state index in [-0.39, 0.29) is 16.8 Å². The van der Waals surface area contributed by atoms with Crippen LogP contribution in [-0.4, -0.2) is 68.3 Å². The Bertz CT molecular complexity index is 1290. The molecule has 1 unspecified atom stereocenters. The van der Waals surface area contributed by atoms with Crippen molar-refractivity contribution in [1.29, 1.82) is 0 Å². The topological polar surface area (TPSA) is 73.8 Å². The Labute approximate surface area is 219 Å². The van der Waals surface area contributed by atoms with Crippen LogP contribution in [-0.2, 0) is 10.0 Å². The molecule has 7 nitrogen and oxygen atoms in total. The van der Waals surface area contributed by atoms with E-state index in [2.05, 4.69) is 15.9 Å². The van der Waals surface area contributed by atoms with E-state index in [9.17, 15) is 13.2 Å². The lowest BCUT2D eigenvalue weighted by Crippen LogP contribution is -2.43. The molecule has 0 N–H and O–H groups in total. The minimum atomic E-state index is -3.59. The first-order chi connectivity index (χ1) is 16.7. The summed E-state index contributed by atoms with van der Waals surface area (Å²) in [4.78, 5) is 22.2. The molecule has 4 rings (SSSR count). The largest absolute Gasteiger partial charge is 0.308 e. The molecule has 0 saturated carbocycles. The van der Waals surface area contributed by atoms with Crippen LogP contribution >= 0.6 is 27.3 Å². The SMILES string of the molecule is CCC1CCCCN1S(=O)(=O)c1ccc(C(=O)N(CCN(C)C)c2nc3ccc(Br)cc3s2)cc1. The predicted octanol–water partition coefficient (Wildman–Crippen LogP) is 5.22. The highest BCUT2D eigenvalue weighted by atomic mass is 79.9. The van der Waals surface area contributed by atoms with Gasteiger partial charge in [0.25, 0.3) is 5.91 Å². The molecule has 1 saturated heterocycles. The summed E-state index contributed by atoms with van der Waals surface area (Å²) in [5, 5.41) is 0.626. The molecule has 1 amide bonds. The Kier molecular flexibility index (Phi) is 8.27. The number of benzene rings is 2. The van der Waals surface area contributed by atoms with Crippen molar-refractivity contribution >= 4 is 58.5 Å². The molecule has 0 aliphatic carbocycles. The van der Waals surface area contributed by atoms with E-state index in [4.69, 9.17) is 4.98 Å². The van der Waals surface area contributed by atoms with Gasteiger partial charge in [-0.1, -0.05) is 40.6 Å². The van der Waals surface area contributed by atoms with Gasteiger partial charge in [-0.05, 0) is 75.8 Å². The Hall–Kier alpha value is -1.85. The van der Waals surface area contributed by atoms with Gasteiger partial charge in [0, 0.05) is 35.7 Å². The lowest BCUT2D eigenvalue weighted by atomic mass is 10.0. The molecule has 188 valence electrons. The average molecular weight is 580 g/mol. The Morgan fingerprint density at radius 2 is 1.89 bits per heavy atom. The molecule has 0 bridgehead atoms. The van der Waals surface area contributed by atoms with Crippen molar-refractivity contribution in [3.05, 3.63) is 52.5 Å². The number of fused-ring (bicyclic) bond motifs is 1. The highest BCUT2D eigenvalue weighted by Crippen LogP contribution is 2.32. The molecule has 3 aromatic rings. The molecule has 1 aliphatic rings. The number of hydrogen-bond donors (Lipinski definition) is 0. The van der Waals surface area contributed by atoms with E-state index < -0.39 is 10.0 Å². The zero-order chi connectivity index (χ0) is 25.2. The maximum Gasteiger partial charge on any atom is 0.260 e. The van der Waals surface area contributed by atoms with Crippen LogP contribution in [0, 0.1) is 0 Å². The van der Waals surface area contributed by atoms with Crippen molar-refractivity contribution < 1.29 is 13.2 Å². The summed E-state index contributed by atoms with van der Waals surface area (Å²) in [5.74, 6) is -0.196. The van der Waals surface area contributed by atoms with Gasteiger partial charge >= 0.3 is 0 Å². The van der Waals surface area contributed by atoms with Crippen LogP contribution in [0.3, 0.4) is 0 Å². The van der Waals surface area contributed by atoms with E-state index in [1.54, 1.807) is 33.5 Å². The number of likely N-dealkylation sites (N-methyl/N-ethyl adjacent to an activating group) is 1. The molecule has 35 heavy (non-hydrogen) atoms. The van der Waals surface area contributed by atoms with Gasteiger partial charge in [-0.3, -0.25) is 9.69 Å². The summed E-state index contributed by atoms with van der Waals surface area (Å²) in [6.07, 6.45) is 3.64. The third-order valence-corrected chi connectivity index (χ3v) is 9.84. The van der Waals surface area contributed by atoms with Gasteiger partial charge in [-0.15, -0.1) is 0 Å². The number of nitrogens with zero attached hydrogens (tertiary/aromatic N) is 4. The average Bonchev–Trinajstić information content (AvgIpc) is 3.26. The van der Waals surface area contributed by atoms with Crippen molar-refractivity contribution in [2.45, 2.75) is 43.5 Å². The molecule has 1 atom stereocenters. The number of sulfonamides is 1. The van der Waals surface area contributed by atoms with Crippen molar-refractivity contribution in [2.75, 3.05) is 38.6 Å². The monoisotopic (exact) mass is 578 g/mol. The molecule has 1 fully saturated rings. The fourth-order valence-corrected chi connectivity index (χ4v) is 7.65. The number of anilines is 1. The number of piperidine rings is 1. The number of aromatic nitrogens is 1. The van der Waals surface area contributed by atoms with Gasteiger partial charge in [0.15, 0.2) is 5.13 Å². The molecule has 1 aliphatic heterocycles. The van der Waals surface area contributed by atoms with Gasteiger partial charge < -0.3 is 4.90 Å². The fraction of sp³-hybridized carbons (Fsp3) is 0.440. The van der Waals surface area contributed by atoms with Crippen LogP contribution in [0.4, 0.5) is 5.13 Å². The lowest BCUT2D eigenvalue weighted by molar-refractivity contribution is 0.0985. The second-order valence-electron chi connectivity index (χ2n) is 9.07. The first-order valence-corrected chi connectivity index (χ1v) is 14.9. The Morgan fingerprint density at radius 3 is 2.57 bits per heavy atom. The summed E-state index contributed by atoms with van der Waals surface area (Å²) in [5.41, 5.74) is 1.28. The molecule has 0 spiro atoms. The Morgan fingerprint density at radius 1 is 1.14 bits per heavy atom. The van der Waals surface area contributed by atoms with Gasteiger partial charge in [0.05, 0.1) is 15.1 Å². The lowest BCUT2D eigenvalue weighted by Gasteiger charge is -2.34. The van der Waals surface area contributed by atoms with Crippen LogP contribution in [0.25, 0.3) is 10.2 Å². The standard InChI is InChI=1S/C25H31BrN4O3S2/c1-4-20-7-5-6-14-30(20)35(32,33)21-11-8-18(9-12-21)24(31)29(16-15-28(2)3)25-27-22-13-10-19(26)17-23(22)34-25/h8-13,17,20H,4-7,14-16H2,1-3H3. The number of carbonyl (C=O) groups excluding carboxylic acids is 1. The molecular weight excluding hydrogens is 548 g/mol. The van der Waals surface area contributed by atoms with E-state index in [1.807, 2.05) is 44.1 Å². The van der Waals surface area contributed by atoms with E-state index in [0.29, 0.717) is 30.3 Å². The predicted molar refractivity (Wildman–Crippen MR) is 146 cm³/mol. The van der Waals surface area contributed by atoms with Gasteiger partial charge in [-0.25, -0.2) is 13.4 Å². The fourth-order valence-electron chi connectivity index (χ4n) is 4.34. The highest BCUT2D eigenvalue weighted by Gasteiger charge is 2.32. The summed E-state index contributed by atoms with van der Waals surface area (Å²) in [6.45, 7) is 3.72. The molecular formula is C25H31BrN4O3S2. The summed E-state index contributed by atoms with van der Waals surface area (Å²) in [7, 11) is 0.326. The van der Waals surface area contributed by atoms with Gasteiger partial charge in [0.1, 0.15) is 0 Å². The zero-order valence-electron chi connectivity index (χ0n) is 20.3. The summed E-state index contributed by atoms with van der Waals surface area (Å²) in [6, 6.07) is 12.2. The number of rotatable bonds is 8. The van der Waals surface area contributed by atoms with Crippen LogP contribution in [0.1, 0.15) is 43.0 Å². The molecule has 10 heteroatoms. The van der Waals surface area contributed by atoms with Crippen LogP contribution < -0.4 is 4.90 Å². The van der Waals surface area contributed by atoms with Crippen molar-refractivity contribution in [1.82, 2.24) is 14.2 Å². The highest BCUT2D eigenvalue weighted by molar-refractivity contribution is 9.10. The Balaban J connectivity index is 1.61. The molecule has 1 aromatic heterocycles. The van der Waals surface area contributed by atoms with Gasteiger partial charge in [0.2, 0.25) is 10.0 Å². The van der Waals surface area contributed by atoms with E-state index in [0.717, 1.165) is 40.4 Å². The number of halogens is 1. The summed E-state index contributed by atoms with van der Waals surface area (Å²) >= 11 is 4.96. The maximum atomic E-state index is 13.6. The van der Waals surface area contributed by atoms with Crippen molar-refractivity contribution in [2.24, 2.45) is 0 Å². The zero-order valence-corrected chi connectivity index (χ0v) is 23.5. The quantitative estimate of drug-likeness (QED) is 0.366. The third-order valence-electron chi connectivity index (χ3n) is 6.34. The molecule has 0 radical (unpaired) electrons. The van der Waals surface area contributed by atoms with Crippen LogP contribution in [0.2, 0.25) is 0 Å². The normalized spacial score (nSPS) is 17.2. The first kappa shape index (κ1) is 26.2. The molecule has 2 aromatic carbocycles. The third kappa shape index (κ3) is 5.77. The second-order valence-corrected chi connectivity index (χ2v) is 12.9. The summed E-state index contributed by atoms with van der Waals surface area (Å²) < 4.78 is 30.2.